The summed E-state index contributed by atoms with van der Waals surface area (Å²) in [6.07, 6.45) is 2.66. The van der Waals surface area contributed by atoms with E-state index in [1.165, 1.54) is 4.31 Å². The first-order chi connectivity index (χ1) is 14.0. The molecule has 0 saturated carbocycles. The quantitative estimate of drug-likeness (QED) is 0.716. The van der Waals surface area contributed by atoms with Crippen molar-refractivity contribution in [1.82, 2.24) is 4.31 Å². The fourth-order valence-electron chi connectivity index (χ4n) is 3.62. The minimum Gasteiger partial charge on any atom is -0.495 e. The Morgan fingerprint density at radius 3 is 2.62 bits per heavy atom. The molecule has 0 spiro atoms. The van der Waals surface area contributed by atoms with Gasteiger partial charge >= 0.3 is 0 Å². The average molecular weight is 417 g/mol. The van der Waals surface area contributed by atoms with Crippen LogP contribution in [0.4, 0.5) is 5.69 Å². The predicted molar refractivity (Wildman–Crippen MR) is 114 cm³/mol. The Morgan fingerprint density at radius 1 is 1.14 bits per heavy atom. The number of nitrogens with zero attached hydrogens (tertiary/aromatic N) is 1. The fraction of sp³-hybridized carbons (Fsp3) is 0.409. The van der Waals surface area contributed by atoms with Gasteiger partial charge in [-0.2, -0.15) is 0 Å². The van der Waals surface area contributed by atoms with E-state index in [-0.39, 0.29) is 24.1 Å². The molecule has 2 aromatic carbocycles. The zero-order chi connectivity index (χ0) is 20.7. The molecule has 1 amide bonds. The van der Waals surface area contributed by atoms with Gasteiger partial charge in [0.15, 0.2) is 0 Å². The van der Waals surface area contributed by atoms with Crippen molar-refractivity contribution in [3.05, 3.63) is 60.2 Å². The lowest BCUT2D eigenvalue weighted by Gasteiger charge is -2.31. The van der Waals surface area contributed by atoms with E-state index in [1.807, 2.05) is 42.5 Å². The topological polar surface area (TPSA) is 75.7 Å². The van der Waals surface area contributed by atoms with Gasteiger partial charge in [0.1, 0.15) is 5.75 Å². The Kier molecular flexibility index (Phi) is 7.28. The van der Waals surface area contributed by atoms with Gasteiger partial charge in [0.25, 0.3) is 0 Å². The van der Waals surface area contributed by atoms with Crippen LogP contribution in [0, 0.1) is 5.92 Å². The average Bonchev–Trinajstić information content (AvgIpc) is 2.75. The summed E-state index contributed by atoms with van der Waals surface area (Å²) in [5, 5.41) is 2.88. The van der Waals surface area contributed by atoms with Crippen LogP contribution in [-0.4, -0.2) is 44.6 Å². The first-order valence-corrected chi connectivity index (χ1v) is 11.6. The number of ether oxygens (including phenoxy) is 1. The molecule has 1 unspecified atom stereocenters. The third kappa shape index (κ3) is 5.81. The molecule has 1 heterocycles. The highest BCUT2D eigenvalue weighted by atomic mass is 32.2. The van der Waals surface area contributed by atoms with Crippen LogP contribution >= 0.6 is 0 Å². The standard InChI is InChI=1S/C22H28N2O4S/c1-28-21-14-6-5-13-20(21)23-22(25)19-12-7-15-24(17-19)29(26,27)16-8-11-18-9-3-2-4-10-18/h2-6,9-10,13-14,19H,7-8,11-12,15-17H2,1H3,(H,23,25). The summed E-state index contributed by atoms with van der Waals surface area (Å²) in [5.41, 5.74) is 1.73. The number of amides is 1. The summed E-state index contributed by atoms with van der Waals surface area (Å²) in [5.74, 6) is 0.154. The number of piperidine rings is 1. The highest BCUT2D eigenvalue weighted by Crippen LogP contribution is 2.26. The molecule has 0 bridgehead atoms. The summed E-state index contributed by atoms with van der Waals surface area (Å²) in [7, 11) is -1.83. The molecular formula is C22H28N2O4S. The number of rotatable bonds is 8. The van der Waals surface area contributed by atoms with E-state index >= 15 is 0 Å². The van der Waals surface area contributed by atoms with E-state index in [0.29, 0.717) is 37.2 Å². The van der Waals surface area contributed by atoms with Crippen LogP contribution in [0.1, 0.15) is 24.8 Å². The van der Waals surface area contributed by atoms with Crippen molar-refractivity contribution in [2.24, 2.45) is 5.92 Å². The summed E-state index contributed by atoms with van der Waals surface area (Å²) < 4.78 is 32.3. The second-order valence-electron chi connectivity index (χ2n) is 7.29. The van der Waals surface area contributed by atoms with E-state index in [4.69, 9.17) is 4.74 Å². The third-order valence-electron chi connectivity index (χ3n) is 5.22. The second kappa shape index (κ2) is 9.89. The molecule has 1 fully saturated rings. The molecule has 1 saturated heterocycles. The second-order valence-corrected chi connectivity index (χ2v) is 9.38. The van der Waals surface area contributed by atoms with Crippen LogP contribution < -0.4 is 10.1 Å². The van der Waals surface area contributed by atoms with Crippen LogP contribution in [0.5, 0.6) is 5.75 Å². The Hall–Kier alpha value is -2.38. The van der Waals surface area contributed by atoms with Crippen molar-refractivity contribution in [3.63, 3.8) is 0 Å². The number of anilines is 1. The number of methoxy groups -OCH3 is 1. The summed E-state index contributed by atoms with van der Waals surface area (Å²) >= 11 is 0. The Labute approximate surface area is 172 Å². The van der Waals surface area contributed by atoms with Gasteiger partial charge in [-0.05, 0) is 43.4 Å². The number of benzene rings is 2. The molecule has 3 rings (SSSR count). The molecule has 0 radical (unpaired) electrons. The smallest absolute Gasteiger partial charge is 0.228 e. The first-order valence-electron chi connectivity index (χ1n) is 9.95. The van der Waals surface area contributed by atoms with Crippen molar-refractivity contribution in [3.8, 4) is 5.75 Å². The maximum atomic E-state index is 12.8. The summed E-state index contributed by atoms with van der Waals surface area (Å²) in [6.45, 7) is 0.709. The first kappa shape index (κ1) is 21.3. The molecule has 7 heteroatoms. The lowest BCUT2D eigenvalue weighted by atomic mass is 9.98. The zero-order valence-corrected chi connectivity index (χ0v) is 17.5. The monoisotopic (exact) mass is 416 g/mol. The largest absolute Gasteiger partial charge is 0.495 e. The molecule has 29 heavy (non-hydrogen) atoms. The lowest BCUT2D eigenvalue weighted by molar-refractivity contribution is -0.120. The van der Waals surface area contributed by atoms with Crippen molar-refractivity contribution in [2.75, 3.05) is 31.3 Å². The molecule has 1 aliphatic heterocycles. The van der Waals surface area contributed by atoms with Crippen LogP contribution in [-0.2, 0) is 21.2 Å². The summed E-state index contributed by atoms with van der Waals surface area (Å²) in [4.78, 5) is 12.7. The number of aryl methyl sites for hydroxylation is 1. The molecule has 156 valence electrons. The molecule has 0 aromatic heterocycles. The van der Waals surface area contributed by atoms with Crippen molar-refractivity contribution < 1.29 is 17.9 Å². The SMILES string of the molecule is COc1ccccc1NC(=O)C1CCCN(S(=O)(=O)CCCc2ccccc2)C1. The Bertz CT molecular complexity index is 915. The maximum absolute atomic E-state index is 12.8. The van der Waals surface area contributed by atoms with E-state index in [2.05, 4.69) is 5.32 Å². The number of hydrogen-bond acceptors (Lipinski definition) is 4. The Balaban J connectivity index is 1.56. The van der Waals surface area contributed by atoms with Gasteiger partial charge in [0.05, 0.1) is 24.5 Å². The molecule has 6 nitrogen and oxygen atoms in total. The van der Waals surface area contributed by atoms with Gasteiger partial charge in [0.2, 0.25) is 15.9 Å². The minimum atomic E-state index is -3.38. The van der Waals surface area contributed by atoms with Gasteiger partial charge < -0.3 is 10.1 Å². The number of para-hydroxylation sites is 2. The molecule has 1 N–H and O–H groups in total. The van der Waals surface area contributed by atoms with E-state index in [0.717, 1.165) is 12.0 Å². The van der Waals surface area contributed by atoms with Crippen molar-refractivity contribution in [2.45, 2.75) is 25.7 Å². The molecule has 1 aliphatic rings. The maximum Gasteiger partial charge on any atom is 0.228 e. The van der Waals surface area contributed by atoms with Crippen LogP contribution in [0.2, 0.25) is 0 Å². The molecule has 2 aromatic rings. The zero-order valence-electron chi connectivity index (χ0n) is 16.7. The van der Waals surface area contributed by atoms with Gasteiger partial charge in [-0.15, -0.1) is 0 Å². The highest BCUT2D eigenvalue weighted by Gasteiger charge is 2.32. The number of carbonyl (C=O) groups is 1. The van der Waals surface area contributed by atoms with E-state index < -0.39 is 10.0 Å². The number of hydrogen-bond donors (Lipinski definition) is 1. The third-order valence-corrected chi connectivity index (χ3v) is 7.15. The van der Waals surface area contributed by atoms with Gasteiger partial charge in [0, 0.05) is 13.1 Å². The number of nitrogens with one attached hydrogen (secondary N) is 1. The highest BCUT2D eigenvalue weighted by molar-refractivity contribution is 7.89. The molecule has 1 atom stereocenters. The van der Waals surface area contributed by atoms with Crippen LogP contribution in [0.25, 0.3) is 0 Å². The number of sulfonamides is 1. The number of carbonyl (C=O) groups excluding carboxylic acids is 1. The summed E-state index contributed by atoms with van der Waals surface area (Å²) in [6, 6.07) is 17.1. The van der Waals surface area contributed by atoms with Gasteiger partial charge in [-0.1, -0.05) is 42.5 Å². The van der Waals surface area contributed by atoms with Gasteiger partial charge in [-0.3, -0.25) is 4.79 Å². The fourth-order valence-corrected chi connectivity index (χ4v) is 5.21. The Morgan fingerprint density at radius 2 is 1.86 bits per heavy atom. The van der Waals surface area contributed by atoms with Crippen LogP contribution in [0.3, 0.4) is 0 Å². The normalized spacial score (nSPS) is 17.6. The van der Waals surface area contributed by atoms with Crippen LogP contribution in [0.15, 0.2) is 54.6 Å². The van der Waals surface area contributed by atoms with Gasteiger partial charge in [-0.25, -0.2) is 12.7 Å². The van der Waals surface area contributed by atoms with E-state index in [1.54, 1.807) is 19.2 Å². The predicted octanol–water partition coefficient (Wildman–Crippen LogP) is 3.31. The van der Waals surface area contributed by atoms with E-state index in [9.17, 15) is 13.2 Å². The van der Waals surface area contributed by atoms with Crippen molar-refractivity contribution >= 4 is 21.6 Å². The molecule has 0 aliphatic carbocycles. The molecular weight excluding hydrogens is 388 g/mol. The minimum absolute atomic E-state index is 0.0999. The van der Waals surface area contributed by atoms with Crippen molar-refractivity contribution in [1.29, 1.82) is 0 Å². The lowest BCUT2D eigenvalue weighted by Crippen LogP contribution is -2.44.